The second-order valence-corrected chi connectivity index (χ2v) is 5.90. The van der Waals surface area contributed by atoms with Crippen LogP contribution in [0.4, 0.5) is 4.79 Å². The fraction of sp³-hybridized carbons (Fsp3) is 0.667. The third-order valence-corrected chi connectivity index (χ3v) is 2.48. The maximum atomic E-state index is 11.7. The number of esters is 2. The van der Waals surface area contributed by atoms with E-state index in [4.69, 9.17) is 9.47 Å². The quantitative estimate of drug-likeness (QED) is 0.458. The maximum Gasteiger partial charge on any atom is 0.407 e. The summed E-state index contributed by atoms with van der Waals surface area (Å²) < 4.78 is 14.7. The van der Waals surface area contributed by atoms with Crippen LogP contribution in [0.2, 0.25) is 0 Å². The van der Waals surface area contributed by atoms with Crippen LogP contribution in [0.15, 0.2) is 12.2 Å². The number of rotatable bonds is 6. The van der Waals surface area contributed by atoms with E-state index in [1.54, 1.807) is 27.7 Å². The Bertz CT molecular complexity index is 438. The van der Waals surface area contributed by atoms with Crippen LogP contribution in [0.3, 0.4) is 0 Å². The van der Waals surface area contributed by atoms with Crippen LogP contribution in [0.25, 0.3) is 0 Å². The van der Waals surface area contributed by atoms with Crippen molar-refractivity contribution < 1.29 is 28.6 Å². The predicted molar refractivity (Wildman–Crippen MR) is 80.2 cm³/mol. The zero-order valence-electron chi connectivity index (χ0n) is 14.0. The van der Waals surface area contributed by atoms with Crippen molar-refractivity contribution in [3.05, 3.63) is 12.2 Å². The lowest BCUT2D eigenvalue weighted by atomic mass is 10.0. The first-order valence-corrected chi connectivity index (χ1v) is 6.90. The highest BCUT2D eigenvalue weighted by molar-refractivity contribution is 5.89. The molecule has 0 aromatic heterocycles. The molecule has 2 atom stereocenters. The van der Waals surface area contributed by atoms with Crippen LogP contribution in [0.5, 0.6) is 0 Å². The van der Waals surface area contributed by atoms with Gasteiger partial charge in [0.2, 0.25) is 0 Å². The first kappa shape index (κ1) is 19.9. The molecule has 0 aliphatic heterocycles. The van der Waals surface area contributed by atoms with Gasteiger partial charge in [-0.25, -0.2) is 9.59 Å². The molecule has 0 aromatic rings. The molecule has 1 amide bonds. The summed E-state index contributed by atoms with van der Waals surface area (Å²) in [6.45, 7) is 11.7. The highest BCUT2D eigenvalue weighted by Crippen LogP contribution is 2.14. The molecule has 126 valence electrons. The van der Waals surface area contributed by atoms with Crippen LogP contribution in [0.1, 0.15) is 41.0 Å². The number of amides is 1. The average molecular weight is 315 g/mol. The Morgan fingerprint density at radius 1 is 1.23 bits per heavy atom. The standard InChI is InChI=1S/C15H25NO6/c1-9(16-14(19)22-15(4,5)6)8-12(21-11(3)17)10(2)13(18)20-7/h9,12H,2,8H2,1,3-7H3,(H,16,19)/t9-,12?/m0/s1. The summed E-state index contributed by atoms with van der Waals surface area (Å²) in [4.78, 5) is 34.3. The van der Waals surface area contributed by atoms with Gasteiger partial charge in [-0.3, -0.25) is 4.79 Å². The smallest absolute Gasteiger partial charge is 0.407 e. The second kappa shape index (κ2) is 8.41. The SMILES string of the molecule is C=C(C(=O)OC)C(C[C@H](C)NC(=O)OC(C)(C)C)OC(C)=O. The zero-order valence-corrected chi connectivity index (χ0v) is 14.0. The number of alkyl carbamates (subject to hydrolysis) is 1. The van der Waals surface area contributed by atoms with Gasteiger partial charge in [-0.05, 0) is 27.7 Å². The maximum absolute atomic E-state index is 11.7. The number of nitrogens with one attached hydrogen (secondary N) is 1. The highest BCUT2D eigenvalue weighted by atomic mass is 16.6. The molecule has 0 radical (unpaired) electrons. The molecule has 0 fully saturated rings. The summed E-state index contributed by atoms with van der Waals surface area (Å²) in [5.41, 5.74) is -0.607. The zero-order chi connectivity index (χ0) is 17.5. The molecule has 1 N–H and O–H groups in total. The number of hydrogen-bond donors (Lipinski definition) is 1. The minimum absolute atomic E-state index is 0.00976. The van der Waals surface area contributed by atoms with Crippen molar-refractivity contribution in [1.82, 2.24) is 5.32 Å². The average Bonchev–Trinajstić information content (AvgIpc) is 2.32. The van der Waals surface area contributed by atoms with Crippen molar-refractivity contribution in [2.45, 2.75) is 58.8 Å². The van der Waals surface area contributed by atoms with E-state index >= 15 is 0 Å². The van der Waals surface area contributed by atoms with Gasteiger partial charge in [-0.2, -0.15) is 0 Å². The number of methoxy groups -OCH3 is 1. The number of carbonyl (C=O) groups is 3. The molecule has 0 rings (SSSR count). The van der Waals surface area contributed by atoms with Gasteiger partial charge in [0, 0.05) is 19.4 Å². The molecule has 0 spiro atoms. The Balaban J connectivity index is 4.72. The molecule has 1 unspecified atom stereocenters. The van der Waals surface area contributed by atoms with Gasteiger partial charge in [0.25, 0.3) is 0 Å². The van der Waals surface area contributed by atoms with Crippen LogP contribution in [0, 0.1) is 0 Å². The fourth-order valence-electron chi connectivity index (χ4n) is 1.61. The second-order valence-electron chi connectivity index (χ2n) is 5.90. The molecule has 0 aliphatic carbocycles. The summed E-state index contributed by atoms with van der Waals surface area (Å²) in [6.07, 6.45) is -1.30. The monoisotopic (exact) mass is 315 g/mol. The van der Waals surface area contributed by atoms with Crippen molar-refractivity contribution in [2.75, 3.05) is 7.11 Å². The molecule has 0 aromatic carbocycles. The molecule has 0 saturated carbocycles. The number of hydrogen-bond acceptors (Lipinski definition) is 6. The van der Waals surface area contributed by atoms with E-state index in [9.17, 15) is 14.4 Å². The van der Waals surface area contributed by atoms with Crippen molar-refractivity contribution in [3.63, 3.8) is 0 Å². The van der Waals surface area contributed by atoms with Crippen molar-refractivity contribution in [2.24, 2.45) is 0 Å². The molecule has 22 heavy (non-hydrogen) atoms. The van der Waals surface area contributed by atoms with Gasteiger partial charge in [0.15, 0.2) is 0 Å². The Morgan fingerprint density at radius 2 is 1.77 bits per heavy atom. The van der Waals surface area contributed by atoms with Crippen molar-refractivity contribution in [1.29, 1.82) is 0 Å². The van der Waals surface area contributed by atoms with Gasteiger partial charge < -0.3 is 19.5 Å². The van der Waals surface area contributed by atoms with Crippen LogP contribution in [-0.4, -0.2) is 42.9 Å². The van der Waals surface area contributed by atoms with Crippen molar-refractivity contribution in [3.8, 4) is 0 Å². The van der Waals surface area contributed by atoms with E-state index in [1.165, 1.54) is 14.0 Å². The summed E-state index contributed by atoms with van der Waals surface area (Å²) in [5.74, 6) is -1.23. The van der Waals surface area contributed by atoms with E-state index in [2.05, 4.69) is 16.6 Å². The first-order valence-electron chi connectivity index (χ1n) is 6.90. The summed E-state index contributed by atoms with van der Waals surface area (Å²) in [5, 5.41) is 2.61. The van der Waals surface area contributed by atoms with Gasteiger partial charge in [-0.1, -0.05) is 6.58 Å². The lowest BCUT2D eigenvalue weighted by Crippen LogP contribution is -2.40. The molecule has 0 saturated heterocycles. The van der Waals surface area contributed by atoms with Crippen molar-refractivity contribution >= 4 is 18.0 Å². The molecular weight excluding hydrogens is 290 g/mol. The van der Waals surface area contributed by atoms with E-state index in [0.29, 0.717) is 0 Å². The van der Waals surface area contributed by atoms with Gasteiger partial charge in [0.1, 0.15) is 11.7 Å². The molecule has 0 aliphatic rings. The number of ether oxygens (including phenoxy) is 3. The minimum atomic E-state index is -0.880. The normalized spacial score (nSPS) is 13.5. The predicted octanol–water partition coefficient (Wildman–Crippen LogP) is 1.95. The van der Waals surface area contributed by atoms with E-state index < -0.39 is 35.8 Å². The highest BCUT2D eigenvalue weighted by Gasteiger charge is 2.26. The minimum Gasteiger partial charge on any atom is -0.466 e. The Hall–Kier alpha value is -2.05. The first-order chi connectivity index (χ1) is 9.96. The van der Waals surface area contributed by atoms with Gasteiger partial charge in [0.05, 0.1) is 12.7 Å². The van der Waals surface area contributed by atoms with E-state index in [-0.39, 0.29) is 12.0 Å². The molecule has 7 nitrogen and oxygen atoms in total. The number of carbonyl (C=O) groups excluding carboxylic acids is 3. The lowest BCUT2D eigenvalue weighted by molar-refractivity contribution is -0.147. The topological polar surface area (TPSA) is 90.9 Å². The van der Waals surface area contributed by atoms with Crippen LogP contribution < -0.4 is 5.32 Å². The summed E-state index contributed by atoms with van der Waals surface area (Å²) >= 11 is 0. The molecule has 0 bridgehead atoms. The van der Waals surface area contributed by atoms with E-state index in [1.807, 2.05) is 0 Å². The Morgan fingerprint density at radius 3 is 2.18 bits per heavy atom. The third kappa shape index (κ3) is 8.28. The summed E-state index contributed by atoms with van der Waals surface area (Å²) in [6, 6.07) is -0.402. The lowest BCUT2D eigenvalue weighted by Gasteiger charge is -2.24. The fourth-order valence-corrected chi connectivity index (χ4v) is 1.61. The molecule has 0 heterocycles. The molecule has 7 heteroatoms. The Labute approximate surface area is 131 Å². The third-order valence-electron chi connectivity index (χ3n) is 2.48. The van der Waals surface area contributed by atoms with Crippen LogP contribution in [-0.2, 0) is 23.8 Å². The largest absolute Gasteiger partial charge is 0.466 e. The van der Waals surface area contributed by atoms with E-state index in [0.717, 1.165) is 0 Å². The van der Waals surface area contributed by atoms with Gasteiger partial charge in [-0.15, -0.1) is 0 Å². The summed E-state index contributed by atoms with van der Waals surface area (Å²) in [7, 11) is 1.21. The Kier molecular flexibility index (Phi) is 7.62. The van der Waals surface area contributed by atoms with Crippen LogP contribution >= 0.6 is 0 Å². The molecular formula is C15H25NO6. The van der Waals surface area contributed by atoms with Gasteiger partial charge >= 0.3 is 18.0 Å².